The Balaban J connectivity index is 4.53. The van der Waals surface area contributed by atoms with Gasteiger partial charge in [-0.15, -0.1) is 0 Å². The topological polar surface area (TPSA) is 136 Å². The third kappa shape index (κ3) is 21.8. The predicted molar refractivity (Wildman–Crippen MR) is 144 cm³/mol. The Kier molecular flexibility index (Phi) is 23.5. The minimum absolute atomic E-state index is 0.220. The second-order valence-electron chi connectivity index (χ2n) is 8.40. The van der Waals surface area contributed by atoms with Crippen LogP contribution in [0.2, 0.25) is 0 Å². The fourth-order valence-corrected chi connectivity index (χ4v) is 3.50. The van der Waals surface area contributed by atoms with E-state index in [-0.39, 0.29) is 36.7 Å². The molecule has 38 heavy (non-hydrogen) atoms. The first-order valence-electron chi connectivity index (χ1n) is 13.8. The normalized spacial score (nSPS) is 11.0. The van der Waals surface area contributed by atoms with Gasteiger partial charge in [-0.3, -0.25) is 19.2 Å². The van der Waals surface area contributed by atoms with Crippen LogP contribution >= 0.6 is 0 Å². The molecule has 0 amide bonds. The molecule has 0 aliphatic carbocycles. The van der Waals surface area contributed by atoms with Gasteiger partial charge in [0.05, 0.1) is 52.1 Å². The van der Waals surface area contributed by atoms with Crippen LogP contribution in [-0.2, 0) is 38.1 Å². The molecule has 0 saturated carbocycles. The van der Waals surface area contributed by atoms with Crippen LogP contribution in [0.25, 0.3) is 0 Å². The molecule has 0 aliphatic rings. The van der Waals surface area contributed by atoms with Gasteiger partial charge in [0.25, 0.3) is 0 Å². The van der Waals surface area contributed by atoms with Crippen LogP contribution in [0.4, 0.5) is 0 Å². The number of nitrogens with zero attached hydrogens (tertiary/aromatic N) is 2. The van der Waals surface area contributed by atoms with Crippen LogP contribution in [0, 0.1) is 0 Å². The highest BCUT2D eigenvalue weighted by atomic mass is 16.5. The highest BCUT2D eigenvalue weighted by Gasteiger charge is 2.13. The van der Waals surface area contributed by atoms with E-state index in [0.29, 0.717) is 91.6 Å². The number of rotatable bonds is 25. The van der Waals surface area contributed by atoms with Gasteiger partial charge in [-0.05, 0) is 27.7 Å². The first kappa shape index (κ1) is 35.7. The number of nitrogens with one attached hydrogen (secondary N) is 2. The van der Waals surface area contributed by atoms with Crippen molar-refractivity contribution < 1.29 is 38.1 Å². The quantitative estimate of drug-likeness (QED) is 0.0942. The average Bonchev–Trinajstić information content (AvgIpc) is 2.88. The molecule has 0 bridgehead atoms. The lowest BCUT2D eigenvalue weighted by Gasteiger charge is -2.24. The van der Waals surface area contributed by atoms with Crippen molar-refractivity contribution in [3.63, 3.8) is 0 Å². The Bertz CT molecular complexity index is 629. The van der Waals surface area contributed by atoms with Gasteiger partial charge < -0.3 is 39.4 Å². The fourth-order valence-electron chi connectivity index (χ4n) is 3.50. The first-order chi connectivity index (χ1) is 18.4. The number of carbonyl (C=O) groups is 4. The lowest BCUT2D eigenvalue weighted by atomic mass is 10.3. The maximum absolute atomic E-state index is 11.8. The van der Waals surface area contributed by atoms with Gasteiger partial charge in [0.15, 0.2) is 0 Å². The molecule has 0 saturated heterocycles. The van der Waals surface area contributed by atoms with Gasteiger partial charge >= 0.3 is 23.9 Å². The summed E-state index contributed by atoms with van der Waals surface area (Å²) in [4.78, 5) is 51.0. The van der Waals surface area contributed by atoms with Gasteiger partial charge in [0.2, 0.25) is 0 Å². The molecule has 0 spiro atoms. The number of esters is 4. The first-order valence-corrected chi connectivity index (χ1v) is 13.8. The van der Waals surface area contributed by atoms with Crippen molar-refractivity contribution in [1.82, 2.24) is 20.4 Å². The van der Waals surface area contributed by atoms with Crippen LogP contribution in [0.3, 0.4) is 0 Å². The monoisotopic (exact) mass is 546 g/mol. The van der Waals surface area contributed by atoms with E-state index in [0.717, 1.165) is 13.1 Å². The summed E-state index contributed by atoms with van der Waals surface area (Å²) in [5, 5.41) is 6.64. The number of hydrogen-bond acceptors (Lipinski definition) is 12. The second kappa shape index (κ2) is 25.0. The zero-order valence-electron chi connectivity index (χ0n) is 23.9. The molecule has 12 heteroatoms. The number of hydrogen-bond donors (Lipinski definition) is 2. The van der Waals surface area contributed by atoms with E-state index in [2.05, 4.69) is 15.5 Å². The van der Waals surface area contributed by atoms with E-state index < -0.39 is 0 Å². The Labute approximate surface area is 228 Å². The van der Waals surface area contributed by atoms with Crippen molar-refractivity contribution in [2.45, 2.75) is 53.4 Å². The van der Waals surface area contributed by atoms with Crippen LogP contribution in [0.5, 0.6) is 0 Å². The highest BCUT2D eigenvalue weighted by molar-refractivity contribution is 5.70. The summed E-state index contributed by atoms with van der Waals surface area (Å²) in [5.74, 6) is -0.953. The summed E-state index contributed by atoms with van der Waals surface area (Å²) in [7, 11) is 0. The highest BCUT2D eigenvalue weighted by Crippen LogP contribution is 1.99. The summed E-state index contributed by atoms with van der Waals surface area (Å²) in [6.07, 6.45) is 1.16. The van der Waals surface area contributed by atoms with E-state index in [1.165, 1.54) is 0 Å². The molecule has 0 atom stereocenters. The zero-order valence-corrected chi connectivity index (χ0v) is 23.9. The smallest absolute Gasteiger partial charge is 0.307 e. The van der Waals surface area contributed by atoms with E-state index >= 15 is 0 Å². The van der Waals surface area contributed by atoms with E-state index in [1.807, 2.05) is 4.90 Å². The van der Waals surface area contributed by atoms with Crippen LogP contribution in [0.15, 0.2) is 0 Å². The van der Waals surface area contributed by atoms with E-state index in [4.69, 9.17) is 18.9 Å². The lowest BCUT2D eigenvalue weighted by molar-refractivity contribution is -0.144. The molecule has 0 radical (unpaired) electrons. The summed E-state index contributed by atoms with van der Waals surface area (Å²) in [6.45, 7) is 14.8. The maximum Gasteiger partial charge on any atom is 0.307 e. The van der Waals surface area contributed by atoms with Crippen LogP contribution < -0.4 is 10.6 Å². The van der Waals surface area contributed by atoms with Crippen molar-refractivity contribution in [1.29, 1.82) is 0 Å². The fraction of sp³-hybridized carbons (Fsp3) is 0.846. The summed E-state index contributed by atoms with van der Waals surface area (Å²) >= 11 is 0. The van der Waals surface area contributed by atoms with Gasteiger partial charge in [-0.1, -0.05) is 0 Å². The summed E-state index contributed by atoms with van der Waals surface area (Å²) < 4.78 is 20.0. The van der Waals surface area contributed by atoms with Gasteiger partial charge in [0.1, 0.15) is 0 Å². The molecule has 0 aromatic carbocycles. The second-order valence-corrected chi connectivity index (χ2v) is 8.40. The molecule has 0 aromatic rings. The zero-order chi connectivity index (χ0) is 28.4. The average molecular weight is 547 g/mol. The minimum Gasteiger partial charge on any atom is -0.466 e. The molecule has 12 nitrogen and oxygen atoms in total. The Morgan fingerprint density at radius 3 is 1.08 bits per heavy atom. The molecule has 0 heterocycles. The largest absolute Gasteiger partial charge is 0.466 e. The van der Waals surface area contributed by atoms with Gasteiger partial charge in [-0.25, -0.2) is 0 Å². The maximum atomic E-state index is 11.8. The Morgan fingerprint density at radius 1 is 0.447 bits per heavy atom. The molecule has 222 valence electrons. The van der Waals surface area contributed by atoms with Crippen molar-refractivity contribution in [2.75, 3.05) is 91.9 Å². The molecule has 0 fully saturated rings. The van der Waals surface area contributed by atoms with Crippen molar-refractivity contribution in [2.24, 2.45) is 0 Å². The summed E-state index contributed by atoms with van der Waals surface area (Å²) in [6, 6.07) is 0. The Hall–Kier alpha value is -2.28. The van der Waals surface area contributed by atoms with E-state index in [9.17, 15) is 19.2 Å². The molecular formula is C26H50N4O8. The molecule has 0 aromatic heterocycles. The standard InChI is InChI=1S/C26H50N4O8/c1-5-35-23(31)9-13-27-14-21-30(19-12-26(34)38-8-4)22-16-28-15-20-29(17-10-24(32)36-6-2)18-11-25(33)37-7-3/h27-28H,5-22H2,1-4H3. The lowest BCUT2D eigenvalue weighted by Crippen LogP contribution is -2.40. The van der Waals surface area contributed by atoms with E-state index in [1.54, 1.807) is 27.7 Å². The third-order valence-electron chi connectivity index (χ3n) is 5.44. The number of ether oxygens (including phenoxy) is 4. The third-order valence-corrected chi connectivity index (χ3v) is 5.44. The number of carbonyl (C=O) groups excluding carboxylic acids is 4. The van der Waals surface area contributed by atoms with Crippen LogP contribution in [-0.4, -0.2) is 126 Å². The molecule has 0 rings (SSSR count). The van der Waals surface area contributed by atoms with Gasteiger partial charge in [0, 0.05) is 65.4 Å². The molecule has 0 aliphatic heterocycles. The SMILES string of the molecule is CCOC(=O)CCNCCN(CCNCCN(CCC(=O)OCC)CCC(=O)OCC)CCC(=O)OCC. The molecule has 0 unspecified atom stereocenters. The summed E-state index contributed by atoms with van der Waals surface area (Å²) in [5.41, 5.74) is 0. The van der Waals surface area contributed by atoms with Crippen molar-refractivity contribution in [3.05, 3.63) is 0 Å². The minimum atomic E-state index is -0.255. The molecular weight excluding hydrogens is 496 g/mol. The van der Waals surface area contributed by atoms with Gasteiger partial charge in [-0.2, -0.15) is 0 Å². The van der Waals surface area contributed by atoms with Crippen molar-refractivity contribution >= 4 is 23.9 Å². The van der Waals surface area contributed by atoms with Crippen molar-refractivity contribution in [3.8, 4) is 0 Å². The molecule has 2 N–H and O–H groups in total. The van der Waals surface area contributed by atoms with Crippen LogP contribution in [0.1, 0.15) is 53.4 Å². The Morgan fingerprint density at radius 2 is 0.737 bits per heavy atom. The predicted octanol–water partition coefficient (Wildman–Crippen LogP) is 0.582.